The molecule has 1 saturated heterocycles. The second-order valence-electron chi connectivity index (χ2n) is 8.44. The number of methoxy groups -OCH3 is 1. The number of aromatic nitrogens is 2. The zero-order valence-corrected chi connectivity index (χ0v) is 21.1. The average Bonchev–Trinajstić information content (AvgIpc) is 3.53. The van der Waals surface area contributed by atoms with Crippen molar-refractivity contribution in [3.63, 3.8) is 0 Å². The molecule has 10 nitrogen and oxygen atoms in total. The van der Waals surface area contributed by atoms with Crippen molar-refractivity contribution >= 4 is 46.4 Å². The summed E-state index contributed by atoms with van der Waals surface area (Å²) in [5.41, 5.74) is 1.75. The fourth-order valence-electron chi connectivity index (χ4n) is 4.03. The molecule has 1 amide bonds. The van der Waals surface area contributed by atoms with Crippen LogP contribution in [0, 0.1) is 0 Å². The lowest BCUT2D eigenvalue weighted by Gasteiger charge is -2.18. The standard InChI is InChI=1S/C26H26N6O4S/c1-35-21-12-10-19(11-13-21)16-22-25(34)32(20-8-4-2-5-9-20)26(27-22)37-18-23(33)28-24-17-31(29-36-24)30-14-6-3-7-15-30/h2,4-5,8-13,16-17H,3,6-7,14-15,18H2,1H3/b22-16+. The second-order valence-corrected chi connectivity index (χ2v) is 9.38. The summed E-state index contributed by atoms with van der Waals surface area (Å²) in [4.78, 5) is 25.0. The number of anilines is 1. The summed E-state index contributed by atoms with van der Waals surface area (Å²) >= 11 is 1.15. The third-order valence-corrected chi connectivity index (χ3v) is 6.81. The van der Waals surface area contributed by atoms with E-state index < -0.39 is 5.90 Å². The molecule has 37 heavy (non-hydrogen) atoms. The molecule has 1 fully saturated rings. The van der Waals surface area contributed by atoms with E-state index >= 15 is 0 Å². The molecular weight excluding hydrogens is 492 g/mol. The summed E-state index contributed by atoms with van der Waals surface area (Å²) in [6.07, 6.45) is 6.71. The van der Waals surface area contributed by atoms with Gasteiger partial charge in [0.1, 0.15) is 11.4 Å². The lowest BCUT2D eigenvalue weighted by atomic mass is 10.2. The molecule has 11 heteroatoms. The van der Waals surface area contributed by atoms with E-state index in [9.17, 15) is 9.90 Å². The Balaban J connectivity index is 1.33. The maximum atomic E-state index is 13.3. The number of hydrogen-bond acceptors (Lipinski definition) is 9. The molecule has 0 bridgehead atoms. The molecule has 0 unspecified atom stereocenters. The number of nitrogens with zero attached hydrogens (tertiary/aromatic N) is 6. The van der Waals surface area contributed by atoms with Gasteiger partial charge in [-0.2, -0.15) is 5.01 Å². The number of para-hydroxylation sites is 1. The van der Waals surface area contributed by atoms with Crippen molar-refractivity contribution in [2.75, 3.05) is 35.9 Å². The largest absolute Gasteiger partial charge is 0.861 e. The fraction of sp³-hybridized carbons (Fsp3) is 0.269. The van der Waals surface area contributed by atoms with E-state index in [0.29, 0.717) is 10.9 Å². The highest BCUT2D eigenvalue weighted by Gasteiger charge is 2.32. The Morgan fingerprint density at radius 1 is 1.16 bits per heavy atom. The van der Waals surface area contributed by atoms with Gasteiger partial charge in [-0.1, -0.05) is 42.1 Å². The number of piperidine rings is 1. The first-order chi connectivity index (χ1) is 18.1. The average molecular weight is 519 g/mol. The molecule has 0 spiro atoms. The number of ether oxygens (including phenoxy) is 1. The van der Waals surface area contributed by atoms with Crippen molar-refractivity contribution in [3.05, 3.63) is 72.1 Å². The van der Waals surface area contributed by atoms with Crippen molar-refractivity contribution in [3.8, 4) is 5.75 Å². The molecule has 2 aromatic carbocycles. The maximum absolute atomic E-state index is 13.3. The van der Waals surface area contributed by atoms with E-state index in [4.69, 9.17) is 9.26 Å². The predicted molar refractivity (Wildman–Crippen MR) is 140 cm³/mol. The highest BCUT2D eigenvalue weighted by atomic mass is 32.2. The van der Waals surface area contributed by atoms with Crippen LogP contribution in [0.4, 0.5) is 11.6 Å². The van der Waals surface area contributed by atoms with Gasteiger partial charge in [0, 0.05) is 5.75 Å². The number of amidine groups is 1. The molecule has 0 saturated carbocycles. The molecule has 1 aromatic heterocycles. The molecule has 0 N–H and O–H groups in total. The van der Waals surface area contributed by atoms with Gasteiger partial charge in [-0.25, -0.2) is 9.98 Å². The Hall–Kier alpha value is -4.12. The van der Waals surface area contributed by atoms with Gasteiger partial charge in [-0.05, 0) is 61.1 Å². The van der Waals surface area contributed by atoms with E-state index in [-0.39, 0.29) is 23.2 Å². The first-order valence-electron chi connectivity index (χ1n) is 12.0. The highest BCUT2D eigenvalue weighted by Crippen LogP contribution is 2.29. The van der Waals surface area contributed by atoms with Crippen LogP contribution in [0.25, 0.3) is 6.08 Å². The number of rotatable bonds is 7. The molecule has 5 rings (SSSR count). The zero-order valence-electron chi connectivity index (χ0n) is 20.3. The van der Waals surface area contributed by atoms with Crippen LogP contribution in [0.15, 0.2) is 81.0 Å². The van der Waals surface area contributed by atoms with Crippen LogP contribution in [-0.4, -0.2) is 48.2 Å². The van der Waals surface area contributed by atoms with E-state index in [1.807, 2.05) is 54.6 Å². The summed E-state index contributed by atoms with van der Waals surface area (Å²) in [6.45, 7) is 1.77. The predicted octanol–water partition coefficient (Wildman–Crippen LogP) is 2.66. The molecule has 0 aliphatic carbocycles. The van der Waals surface area contributed by atoms with E-state index in [2.05, 4.69) is 20.3 Å². The van der Waals surface area contributed by atoms with Gasteiger partial charge in [0.25, 0.3) is 12.1 Å². The Bertz CT molecular complexity index is 1330. The van der Waals surface area contributed by atoms with Crippen molar-refractivity contribution in [2.45, 2.75) is 19.3 Å². The SMILES string of the molecule is COc1ccc(/C=C2/N=C(SC/C([O-])=N\c3c[n+](N4CCCCC4)no3)N(c3ccccc3)C2=O)cc1. The number of carbonyl (C=O) groups is 1. The van der Waals surface area contributed by atoms with Gasteiger partial charge in [0.2, 0.25) is 5.27 Å². The van der Waals surface area contributed by atoms with Gasteiger partial charge < -0.3 is 9.84 Å². The lowest BCUT2D eigenvalue weighted by Crippen LogP contribution is -2.60. The topological polar surface area (TPSA) is 110 Å². The Kier molecular flexibility index (Phi) is 7.50. The van der Waals surface area contributed by atoms with Gasteiger partial charge in [-0.15, -0.1) is 0 Å². The van der Waals surface area contributed by atoms with Crippen LogP contribution >= 0.6 is 11.8 Å². The molecule has 2 aliphatic heterocycles. The van der Waals surface area contributed by atoms with Gasteiger partial charge >= 0.3 is 5.88 Å². The van der Waals surface area contributed by atoms with E-state index in [1.165, 1.54) is 11.3 Å². The summed E-state index contributed by atoms with van der Waals surface area (Å²) in [5, 5.41) is 19.1. The summed E-state index contributed by atoms with van der Waals surface area (Å²) in [7, 11) is 1.60. The molecule has 190 valence electrons. The number of thioether (sulfide) groups is 1. The molecule has 0 atom stereocenters. The smallest absolute Gasteiger partial charge is 0.324 e. The minimum atomic E-state index is -0.414. The minimum Gasteiger partial charge on any atom is -0.861 e. The van der Waals surface area contributed by atoms with Crippen molar-refractivity contribution in [1.29, 1.82) is 0 Å². The molecule has 2 aliphatic rings. The number of benzene rings is 2. The monoisotopic (exact) mass is 518 g/mol. The normalized spacial score (nSPS) is 17.4. The Labute approximate surface area is 218 Å². The molecular formula is C26H26N6O4S. The third-order valence-electron chi connectivity index (χ3n) is 5.89. The Morgan fingerprint density at radius 2 is 1.92 bits per heavy atom. The number of aliphatic imine (C=N–C) groups is 2. The Morgan fingerprint density at radius 3 is 2.65 bits per heavy atom. The second kappa shape index (κ2) is 11.3. The highest BCUT2D eigenvalue weighted by molar-refractivity contribution is 8.14. The van der Waals surface area contributed by atoms with Crippen molar-refractivity contribution < 1.29 is 24.0 Å². The van der Waals surface area contributed by atoms with Crippen LogP contribution in [0.2, 0.25) is 0 Å². The van der Waals surface area contributed by atoms with Gasteiger partial charge in [-0.3, -0.25) is 14.2 Å². The fourth-order valence-corrected chi connectivity index (χ4v) is 4.83. The van der Waals surface area contributed by atoms with Crippen LogP contribution in [0.1, 0.15) is 24.8 Å². The van der Waals surface area contributed by atoms with Crippen LogP contribution in [0.5, 0.6) is 5.75 Å². The number of carbonyl (C=O) groups excluding carboxylic acids is 1. The van der Waals surface area contributed by atoms with Crippen molar-refractivity contribution in [2.24, 2.45) is 9.98 Å². The van der Waals surface area contributed by atoms with Crippen LogP contribution < -0.4 is 24.5 Å². The summed E-state index contributed by atoms with van der Waals surface area (Å²) in [6, 6.07) is 16.5. The van der Waals surface area contributed by atoms with Gasteiger partial charge in [0.15, 0.2) is 5.17 Å². The van der Waals surface area contributed by atoms with E-state index in [0.717, 1.165) is 49.0 Å². The number of amides is 1. The first kappa shape index (κ1) is 24.6. The van der Waals surface area contributed by atoms with Gasteiger partial charge in [0.05, 0.1) is 30.7 Å². The molecule has 3 aromatic rings. The van der Waals surface area contributed by atoms with Crippen LogP contribution in [-0.2, 0) is 4.79 Å². The zero-order chi connectivity index (χ0) is 25.6. The lowest BCUT2D eigenvalue weighted by molar-refractivity contribution is -0.759. The van der Waals surface area contributed by atoms with Crippen molar-refractivity contribution in [1.82, 2.24) is 5.27 Å². The minimum absolute atomic E-state index is 0.0182. The maximum Gasteiger partial charge on any atom is 0.324 e. The quantitative estimate of drug-likeness (QED) is 0.205. The summed E-state index contributed by atoms with van der Waals surface area (Å²) in [5.74, 6) is 0.159. The first-order valence-corrected chi connectivity index (χ1v) is 12.9. The van der Waals surface area contributed by atoms with Crippen LogP contribution in [0.3, 0.4) is 0 Å². The third kappa shape index (κ3) is 5.83. The number of hydrogen-bond donors (Lipinski definition) is 0. The van der Waals surface area contributed by atoms with E-state index in [1.54, 1.807) is 24.2 Å². The molecule has 3 heterocycles. The summed E-state index contributed by atoms with van der Waals surface area (Å²) < 4.78 is 10.4. The molecule has 0 radical (unpaired) electrons.